The van der Waals surface area contributed by atoms with Crippen LogP contribution in [0.3, 0.4) is 0 Å². The number of nitrogens with zero attached hydrogens (tertiary/aromatic N) is 1. The monoisotopic (exact) mass is 372 g/mol. The van der Waals surface area contributed by atoms with Gasteiger partial charge in [0.1, 0.15) is 5.60 Å². The maximum atomic E-state index is 12.5. The molecule has 0 saturated heterocycles. The minimum Gasteiger partial charge on any atom is -0.378 e. The third kappa shape index (κ3) is 3.76. The van der Waals surface area contributed by atoms with Crippen LogP contribution in [0.2, 0.25) is 0 Å². The smallest absolute Gasteiger partial charge is 0.251 e. The van der Waals surface area contributed by atoms with Crippen molar-refractivity contribution in [2.45, 2.75) is 5.60 Å². The maximum absolute atomic E-state index is 12.5. The van der Waals surface area contributed by atoms with Gasteiger partial charge in [0.15, 0.2) is 0 Å². The Morgan fingerprint density at radius 1 is 1.16 bits per heavy atom. The Balaban J connectivity index is 1.76. The normalized spacial score (nSPS) is 13.2. The third-order valence-corrected chi connectivity index (χ3v) is 5.78. The Morgan fingerprint density at radius 2 is 1.92 bits per heavy atom. The fraction of sp³-hybridized carbons (Fsp3) is 0.211. The zero-order valence-electron chi connectivity index (χ0n) is 14.1. The van der Waals surface area contributed by atoms with E-state index < -0.39 is 5.60 Å². The van der Waals surface area contributed by atoms with Crippen LogP contribution < -0.4 is 10.2 Å². The van der Waals surface area contributed by atoms with Crippen LogP contribution in [0.4, 0.5) is 5.69 Å². The van der Waals surface area contributed by atoms with Gasteiger partial charge < -0.3 is 15.3 Å². The summed E-state index contributed by atoms with van der Waals surface area (Å²) in [7, 11) is 3.91. The predicted octanol–water partition coefficient (Wildman–Crippen LogP) is 3.54. The second kappa shape index (κ2) is 7.39. The van der Waals surface area contributed by atoms with Crippen molar-refractivity contribution in [3.8, 4) is 0 Å². The van der Waals surface area contributed by atoms with E-state index in [9.17, 15) is 9.90 Å². The molecule has 0 spiro atoms. The summed E-state index contributed by atoms with van der Waals surface area (Å²) in [6.07, 6.45) is 0. The molecule has 1 amide bonds. The van der Waals surface area contributed by atoms with Crippen molar-refractivity contribution < 1.29 is 9.90 Å². The van der Waals surface area contributed by atoms with Crippen molar-refractivity contribution in [2.75, 3.05) is 25.5 Å². The molecule has 0 radical (unpaired) electrons. The van der Waals surface area contributed by atoms with Gasteiger partial charge in [0.25, 0.3) is 5.91 Å². The van der Waals surface area contributed by atoms with Crippen LogP contribution in [0.5, 0.6) is 0 Å². The standard InChI is InChI=1S/C19H20N2O2S2/c1-21(2)16-7-5-14(6-8-16)18(22)20-13-19(23,15-9-11-24-12-15)17-4-3-10-25-17/h3-12,23H,13H2,1-2H3,(H,20,22). The number of carbonyl (C=O) groups is 1. The summed E-state index contributed by atoms with van der Waals surface area (Å²) in [4.78, 5) is 15.3. The molecule has 4 nitrogen and oxygen atoms in total. The van der Waals surface area contributed by atoms with E-state index in [0.717, 1.165) is 16.1 Å². The van der Waals surface area contributed by atoms with E-state index in [1.165, 1.54) is 22.7 Å². The van der Waals surface area contributed by atoms with Gasteiger partial charge in [-0.1, -0.05) is 6.07 Å². The quantitative estimate of drug-likeness (QED) is 0.696. The van der Waals surface area contributed by atoms with E-state index >= 15 is 0 Å². The summed E-state index contributed by atoms with van der Waals surface area (Å²) in [6.45, 7) is 0.124. The topological polar surface area (TPSA) is 52.6 Å². The van der Waals surface area contributed by atoms with Gasteiger partial charge in [0.2, 0.25) is 0 Å². The van der Waals surface area contributed by atoms with Gasteiger partial charge in [-0.15, -0.1) is 11.3 Å². The molecule has 1 unspecified atom stereocenters. The first-order valence-corrected chi connectivity index (χ1v) is 9.67. The van der Waals surface area contributed by atoms with E-state index in [1.54, 1.807) is 12.1 Å². The molecule has 3 rings (SSSR count). The number of anilines is 1. The first-order chi connectivity index (χ1) is 12.0. The van der Waals surface area contributed by atoms with Gasteiger partial charge in [-0.2, -0.15) is 11.3 Å². The Hall–Kier alpha value is -2.15. The Morgan fingerprint density at radius 3 is 2.48 bits per heavy atom. The number of nitrogens with one attached hydrogen (secondary N) is 1. The average Bonchev–Trinajstić information content (AvgIpc) is 3.33. The lowest BCUT2D eigenvalue weighted by Crippen LogP contribution is -2.41. The van der Waals surface area contributed by atoms with E-state index in [1.807, 2.05) is 65.5 Å². The number of rotatable bonds is 6. The molecule has 130 valence electrons. The molecule has 2 heterocycles. The average molecular weight is 373 g/mol. The lowest BCUT2D eigenvalue weighted by Gasteiger charge is -2.27. The molecule has 25 heavy (non-hydrogen) atoms. The highest BCUT2D eigenvalue weighted by molar-refractivity contribution is 7.10. The molecule has 0 aliphatic heterocycles. The molecule has 0 saturated carbocycles. The molecule has 0 aliphatic rings. The van der Waals surface area contributed by atoms with E-state index in [0.29, 0.717) is 5.56 Å². The van der Waals surface area contributed by atoms with Crippen LogP contribution in [-0.2, 0) is 5.60 Å². The lowest BCUT2D eigenvalue weighted by atomic mass is 9.94. The number of aliphatic hydroxyl groups is 1. The summed E-state index contributed by atoms with van der Waals surface area (Å²) in [6, 6.07) is 13.1. The van der Waals surface area contributed by atoms with Crippen molar-refractivity contribution in [1.29, 1.82) is 0 Å². The minimum absolute atomic E-state index is 0.124. The molecule has 0 fully saturated rings. The zero-order chi connectivity index (χ0) is 17.9. The van der Waals surface area contributed by atoms with Gasteiger partial charge in [-0.3, -0.25) is 4.79 Å². The second-order valence-corrected chi connectivity index (χ2v) is 7.70. The van der Waals surface area contributed by atoms with Crippen molar-refractivity contribution in [3.63, 3.8) is 0 Å². The van der Waals surface area contributed by atoms with Gasteiger partial charge in [0.05, 0.1) is 6.54 Å². The molecule has 2 aromatic heterocycles. The minimum atomic E-state index is -1.21. The van der Waals surface area contributed by atoms with Crippen LogP contribution in [0, 0.1) is 0 Å². The molecule has 1 atom stereocenters. The Labute approximate surface area is 155 Å². The van der Waals surface area contributed by atoms with Crippen molar-refractivity contribution >= 4 is 34.3 Å². The molecule has 2 N–H and O–H groups in total. The van der Waals surface area contributed by atoms with E-state index in [2.05, 4.69) is 5.32 Å². The largest absolute Gasteiger partial charge is 0.378 e. The van der Waals surface area contributed by atoms with Gasteiger partial charge >= 0.3 is 0 Å². The first-order valence-electron chi connectivity index (χ1n) is 7.85. The van der Waals surface area contributed by atoms with Crippen LogP contribution in [0.15, 0.2) is 58.6 Å². The lowest BCUT2D eigenvalue weighted by molar-refractivity contribution is 0.0721. The highest BCUT2D eigenvalue weighted by Gasteiger charge is 2.33. The Bertz CT molecular complexity index is 776. The highest BCUT2D eigenvalue weighted by atomic mass is 32.1. The number of carbonyl (C=O) groups excluding carboxylic acids is 1. The van der Waals surface area contributed by atoms with Gasteiger partial charge in [-0.25, -0.2) is 0 Å². The summed E-state index contributed by atoms with van der Waals surface area (Å²) in [5, 5.41) is 19.9. The molecule has 6 heteroatoms. The summed E-state index contributed by atoms with van der Waals surface area (Å²) in [5.41, 5.74) is 1.19. The molecule has 0 aliphatic carbocycles. The number of benzene rings is 1. The summed E-state index contributed by atoms with van der Waals surface area (Å²) < 4.78 is 0. The summed E-state index contributed by atoms with van der Waals surface area (Å²) >= 11 is 3.00. The number of amides is 1. The number of hydrogen-bond acceptors (Lipinski definition) is 5. The third-order valence-electron chi connectivity index (χ3n) is 4.08. The summed E-state index contributed by atoms with van der Waals surface area (Å²) in [5.74, 6) is -0.199. The maximum Gasteiger partial charge on any atom is 0.251 e. The molecular formula is C19H20N2O2S2. The van der Waals surface area contributed by atoms with Gasteiger partial charge in [-0.05, 0) is 52.5 Å². The fourth-order valence-corrected chi connectivity index (χ4v) is 4.14. The van der Waals surface area contributed by atoms with Gasteiger partial charge in [0, 0.05) is 35.8 Å². The zero-order valence-corrected chi connectivity index (χ0v) is 15.7. The molecular weight excluding hydrogens is 352 g/mol. The van der Waals surface area contributed by atoms with Crippen LogP contribution in [-0.4, -0.2) is 31.7 Å². The van der Waals surface area contributed by atoms with E-state index in [4.69, 9.17) is 0 Å². The number of hydrogen-bond donors (Lipinski definition) is 2. The fourth-order valence-electron chi connectivity index (χ4n) is 2.57. The predicted molar refractivity (Wildman–Crippen MR) is 105 cm³/mol. The molecule has 3 aromatic rings. The van der Waals surface area contributed by atoms with Crippen LogP contribution in [0.1, 0.15) is 20.8 Å². The van der Waals surface area contributed by atoms with Crippen LogP contribution >= 0.6 is 22.7 Å². The number of thiophene rings is 2. The van der Waals surface area contributed by atoms with Crippen LogP contribution in [0.25, 0.3) is 0 Å². The van der Waals surface area contributed by atoms with Crippen molar-refractivity contribution in [2.24, 2.45) is 0 Å². The first kappa shape index (κ1) is 17.7. The molecule has 1 aromatic carbocycles. The van der Waals surface area contributed by atoms with Crippen molar-refractivity contribution in [3.05, 3.63) is 74.6 Å². The van der Waals surface area contributed by atoms with Crippen molar-refractivity contribution in [1.82, 2.24) is 5.32 Å². The van der Waals surface area contributed by atoms with E-state index in [-0.39, 0.29) is 12.5 Å². The highest BCUT2D eigenvalue weighted by Crippen LogP contribution is 2.33. The Kier molecular flexibility index (Phi) is 5.22. The SMILES string of the molecule is CN(C)c1ccc(C(=O)NCC(O)(c2ccsc2)c2cccs2)cc1. The molecule has 0 bridgehead atoms. The second-order valence-electron chi connectivity index (χ2n) is 5.97.